The fourth-order valence-electron chi connectivity index (χ4n) is 6.34. The van der Waals surface area contributed by atoms with Gasteiger partial charge in [0, 0.05) is 38.8 Å². The minimum atomic E-state index is -0.594. The number of allylic oxidation sites excluding steroid dienone is 1. The van der Waals surface area contributed by atoms with E-state index in [0.29, 0.717) is 30.7 Å². The number of benzene rings is 2. The van der Waals surface area contributed by atoms with Crippen LogP contribution >= 0.6 is 0 Å². The van der Waals surface area contributed by atoms with E-state index in [0.717, 1.165) is 25.7 Å². The molecular formula is C31H31F2N3O4. The van der Waals surface area contributed by atoms with Gasteiger partial charge in [0.05, 0.1) is 29.6 Å². The van der Waals surface area contributed by atoms with Crippen LogP contribution in [0.5, 0.6) is 5.75 Å². The number of anilines is 1. The zero-order valence-corrected chi connectivity index (χ0v) is 22.5. The van der Waals surface area contributed by atoms with Gasteiger partial charge in [-0.25, -0.2) is 8.78 Å². The Morgan fingerprint density at radius 1 is 1.07 bits per heavy atom. The number of nitrogens with zero attached hydrogens (tertiary/aromatic N) is 3. The molecule has 1 saturated carbocycles. The molecule has 3 aromatic rings. The lowest BCUT2D eigenvalue weighted by atomic mass is 9.92. The van der Waals surface area contributed by atoms with E-state index in [1.807, 2.05) is 14.4 Å². The average Bonchev–Trinajstić information content (AvgIpc) is 3.69. The van der Waals surface area contributed by atoms with Gasteiger partial charge in [-0.05, 0) is 61.4 Å². The smallest absolute Gasteiger partial charge is 0.219 e. The van der Waals surface area contributed by atoms with E-state index in [2.05, 4.69) is 0 Å². The largest absolute Gasteiger partial charge is 0.492 e. The van der Waals surface area contributed by atoms with E-state index >= 15 is 4.39 Å². The summed E-state index contributed by atoms with van der Waals surface area (Å²) in [5, 5.41) is 0.0907. The number of ether oxygens (including phenoxy) is 1. The van der Waals surface area contributed by atoms with Crippen molar-refractivity contribution in [1.82, 2.24) is 9.47 Å². The molecule has 2 unspecified atom stereocenters. The number of likely N-dealkylation sites (tertiary alicyclic amines) is 1. The number of rotatable bonds is 6. The first kappa shape index (κ1) is 26.2. The van der Waals surface area contributed by atoms with E-state index in [9.17, 15) is 18.8 Å². The van der Waals surface area contributed by atoms with Crippen LogP contribution in [0.3, 0.4) is 0 Å². The number of pyridine rings is 1. The molecule has 3 heterocycles. The van der Waals surface area contributed by atoms with Crippen molar-refractivity contribution in [1.29, 1.82) is 0 Å². The van der Waals surface area contributed by atoms with Crippen molar-refractivity contribution in [2.24, 2.45) is 5.92 Å². The molecule has 3 aliphatic rings. The number of halogens is 2. The molecule has 2 atom stereocenters. The second-order valence-electron chi connectivity index (χ2n) is 11.0. The molecular weight excluding hydrogens is 516 g/mol. The highest BCUT2D eigenvalue weighted by molar-refractivity contribution is 6.08. The number of aromatic nitrogens is 1. The van der Waals surface area contributed by atoms with E-state index in [-0.39, 0.29) is 52.1 Å². The third kappa shape index (κ3) is 4.57. The summed E-state index contributed by atoms with van der Waals surface area (Å²) in [5.74, 6) is -0.963. The molecule has 1 amide bonds. The standard InChI is InChI=1S/C31H31F2N3O4/c1-18(37)35-13-3-4-20-15-34(17-26(20)35)29-25(33)14-23-28(31(29)40-2)36(22-10-11-22)16-24(30(23)39)27(38)12-7-19-5-8-21(32)9-6-19/h5-9,12,14,16,20,22,26H,3-4,10-11,13,15,17H2,1-2H3. The Morgan fingerprint density at radius 2 is 1.82 bits per heavy atom. The van der Waals surface area contributed by atoms with E-state index in [1.165, 1.54) is 49.6 Å². The maximum absolute atomic E-state index is 15.9. The van der Waals surface area contributed by atoms with Gasteiger partial charge in [-0.3, -0.25) is 14.4 Å². The Balaban J connectivity index is 1.43. The highest BCUT2D eigenvalue weighted by Gasteiger charge is 2.42. The van der Waals surface area contributed by atoms with Crippen molar-refractivity contribution in [3.8, 4) is 5.75 Å². The molecule has 9 heteroatoms. The second-order valence-corrected chi connectivity index (χ2v) is 11.0. The minimum Gasteiger partial charge on any atom is -0.492 e. The van der Waals surface area contributed by atoms with Crippen LogP contribution < -0.4 is 15.1 Å². The summed E-state index contributed by atoms with van der Waals surface area (Å²) in [5.41, 5.74) is 0.754. The molecule has 7 nitrogen and oxygen atoms in total. The van der Waals surface area contributed by atoms with Crippen molar-refractivity contribution in [3.63, 3.8) is 0 Å². The Kier molecular flexibility index (Phi) is 6.68. The lowest BCUT2D eigenvalue weighted by Gasteiger charge is -2.36. The number of carbonyl (C=O) groups is 2. The Bertz CT molecular complexity index is 1590. The first-order chi connectivity index (χ1) is 19.3. The van der Waals surface area contributed by atoms with Crippen molar-refractivity contribution >= 4 is 34.4 Å². The molecule has 1 aliphatic carbocycles. The van der Waals surface area contributed by atoms with Crippen LogP contribution in [0.25, 0.3) is 17.0 Å². The molecule has 2 saturated heterocycles. The molecule has 40 heavy (non-hydrogen) atoms. The summed E-state index contributed by atoms with van der Waals surface area (Å²) in [6, 6.07) is 6.95. The van der Waals surface area contributed by atoms with Gasteiger partial charge in [0.25, 0.3) is 0 Å². The van der Waals surface area contributed by atoms with Crippen molar-refractivity contribution in [2.45, 2.75) is 44.7 Å². The first-order valence-electron chi connectivity index (χ1n) is 13.7. The highest BCUT2D eigenvalue weighted by atomic mass is 19.1. The van der Waals surface area contributed by atoms with Crippen LogP contribution in [0.4, 0.5) is 14.5 Å². The Morgan fingerprint density at radius 3 is 2.50 bits per heavy atom. The number of ketones is 1. The van der Waals surface area contributed by atoms with Gasteiger partial charge < -0.3 is 19.1 Å². The topological polar surface area (TPSA) is 71.8 Å². The van der Waals surface area contributed by atoms with Crippen molar-refractivity contribution in [3.05, 3.63) is 75.6 Å². The highest BCUT2D eigenvalue weighted by Crippen LogP contribution is 2.45. The number of hydrogen-bond acceptors (Lipinski definition) is 5. The Labute approximate surface area is 230 Å². The van der Waals surface area contributed by atoms with Gasteiger partial charge in [0.15, 0.2) is 17.3 Å². The SMILES string of the molecule is COc1c(N2CC3CCCN(C(C)=O)C3C2)c(F)cc2c(=O)c(C(=O)C=Cc3ccc(F)cc3)cn(C3CC3)c12. The molecule has 0 radical (unpaired) electrons. The summed E-state index contributed by atoms with van der Waals surface area (Å²) < 4.78 is 36.9. The van der Waals surface area contributed by atoms with Gasteiger partial charge in [-0.15, -0.1) is 0 Å². The minimum absolute atomic E-state index is 0.00423. The van der Waals surface area contributed by atoms with Crippen molar-refractivity contribution in [2.75, 3.05) is 31.6 Å². The summed E-state index contributed by atoms with van der Waals surface area (Å²) in [6.07, 6.45) is 7.98. The molecule has 0 bridgehead atoms. The number of amides is 1. The average molecular weight is 548 g/mol. The monoisotopic (exact) mass is 547 g/mol. The second kappa shape index (κ2) is 10.2. The van der Waals surface area contributed by atoms with Gasteiger partial charge in [-0.1, -0.05) is 18.2 Å². The van der Waals surface area contributed by atoms with Gasteiger partial charge in [0.2, 0.25) is 11.3 Å². The zero-order valence-electron chi connectivity index (χ0n) is 22.5. The maximum Gasteiger partial charge on any atom is 0.219 e. The van der Waals surface area contributed by atoms with Crippen LogP contribution in [0.15, 0.2) is 47.4 Å². The van der Waals surface area contributed by atoms with E-state index < -0.39 is 17.0 Å². The van der Waals surface area contributed by atoms with Gasteiger partial charge >= 0.3 is 0 Å². The van der Waals surface area contributed by atoms with Gasteiger partial charge in [0.1, 0.15) is 11.5 Å². The van der Waals surface area contributed by atoms with E-state index in [4.69, 9.17) is 4.74 Å². The van der Waals surface area contributed by atoms with Crippen LogP contribution in [0, 0.1) is 17.6 Å². The summed E-state index contributed by atoms with van der Waals surface area (Å²) in [4.78, 5) is 42.8. The molecule has 2 aliphatic heterocycles. The number of fused-ring (bicyclic) bond motifs is 2. The number of piperidine rings is 1. The van der Waals surface area contributed by atoms with Gasteiger partial charge in [-0.2, -0.15) is 0 Å². The quantitative estimate of drug-likeness (QED) is 0.322. The lowest BCUT2D eigenvalue weighted by molar-refractivity contribution is -0.132. The third-order valence-corrected chi connectivity index (χ3v) is 8.41. The summed E-state index contributed by atoms with van der Waals surface area (Å²) >= 11 is 0. The van der Waals surface area contributed by atoms with E-state index in [1.54, 1.807) is 13.1 Å². The summed E-state index contributed by atoms with van der Waals surface area (Å²) in [6.45, 7) is 3.35. The molecule has 0 N–H and O–H groups in total. The molecule has 1 aromatic heterocycles. The zero-order chi connectivity index (χ0) is 28.1. The number of methoxy groups -OCH3 is 1. The molecule has 2 aromatic carbocycles. The molecule has 3 fully saturated rings. The third-order valence-electron chi connectivity index (χ3n) is 8.41. The number of carbonyl (C=O) groups excluding carboxylic acids is 2. The predicted octanol–water partition coefficient (Wildman–Crippen LogP) is 4.97. The Hall–Kier alpha value is -4.01. The van der Waals surface area contributed by atoms with Crippen LogP contribution in [0.1, 0.15) is 54.6 Å². The number of hydrogen-bond donors (Lipinski definition) is 0. The predicted molar refractivity (Wildman–Crippen MR) is 149 cm³/mol. The molecule has 0 spiro atoms. The fourth-order valence-corrected chi connectivity index (χ4v) is 6.34. The lowest BCUT2D eigenvalue weighted by Crippen LogP contribution is -2.47. The maximum atomic E-state index is 15.9. The van der Waals surface area contributed by atoms with Crippen LogP contribution in [-0.4, -0.2) is 53.9 Å². The molecule has 6 rings (SSSR count). The fraction of sp³-hybridized carbons (Fsp3) is 0.387. The molecule has 208 valence electrons. The van der Waals surface area contributed by atoms with Crippen LogP contribution in [0.2, 0.25) is 0 Å². The first-order valence-corrected chi connectivity index (χ1v) is 13.7. The van der Waals surface area contributed by atoms with Crippen molar-refractivity contribution < 1.29 is 23.1 Å². The normalized spacial score (nSPS) is 20.8. The van der Waals surface area contributed by atoms with Crippen LogP contribution in [-0.2, 0) is 4.79 Å². The summed E-state index contributed by atoms with van der Waals surface area (Å²) in [7, 11) is 1.47.